The average Bonchev–Trinajstić information content (AvgIpc) is 2.95. The van der Waals surface area contributed by atoms with Crippen molar-refractivity contribution >= 4 is 29.1 Å². The number of hydrogen-bond acceptors (Lipinski definition) is 2. The number of hydrazone groups is 1. The Kier molecular flexibility index (Phi) is 4.01. The van der Waals surface area contributed by atoms with E-state index in [2.05, 4.69) is 22.1 Å². The van der Waals surface area contributed by atoms with Crippen molar-refractivity contribution in [1.29, 1.82) is 0 Å². The van der Waals surface area contributed by atoms with E-state index in [1.54, 1.807) is 18.2 Å². The normalized spacial score (nSPS) is 11.0. The van der Waals surface area contributed by atoms with Crippen molar-refractivity contribution in [3.05, 3.63) is 77.7 Å². The molecule has 1 amide bonds. The zero-order chi connectivity index (χ0) is 16.2. The fourth-order valence-corrected chi connectivity index (χ4v) is 2.32. The summed E-state index contributed by atoms with van der Waals surface area (Å²) < 4.78 is 12.8. The Morgan fingerprint density at radius 3 is 2.65 bits per heavy atom. The monoisotopic (exact) mass is 307 g/mol. The van der Waals surface area contributed by atoms with E-state index in [0.29, 0.717) is 11.3 Å². The molecule has 0 bridgehead atoms. The van der Waals surface area contributed by atoms with Crippen LogP contribution in [0.2, 0.25) is 0 Å². The van der Waals surface area contributed by atoms with Gasteiger partial charge in [-0.1, -0.05) is 43.0 Å². The molecule has 0 spiro atoms. The number of nitrogens with one attached hydrogen (secondary N) is 2. The van der Waals surface area contributed by atoms with Crippen LogP contribution in [-0.2, 0) is 0 Å². The number of benzene rings is 2. The molecule has 0 radical (unpaired) electrons. The first kappa shape index (κ1) is 14.7. The number of para-hydroxylation sites is 1. The fourth-order valence-electron chi connectivity index (χ4n) is 2.32. The molecule has 0 aliphatic carbocycles. The van der Waals surface area contributed by atoms with Crippen LogP contribution in [0.5, 0.6) is 0 Å². The standard InChI is InChI=1S/C18H14FN3O/c1-2-14-15-5-3-4-6-16(15)21-17(14)18(23)22-20-11-12-7-9-13(19)10-8-12/h2-11,21H,1H2,(H,22,23)/b20-11+. The third kappa shape index (κ3) is 3.03. The van der Waals surface area contributed by atoms with Crippen LogP contribution in [0.4, 0.5) is 4.39 Å². The van der Waals surface area contributed by atoms with Crippen molar-refractivity contribution < 1.29 is 9.18 Å². The Labute approximate surface area is 132 Å². The van der Waals surface area contributed by atoms with Gasteiger partial charge in [-0.15, -0.1) is 0 Å². The summed E-state index contributed by atoms with van der Waals surface area (Å²) in [7, 11) is 0. The van der Waals surface area contributed by atoms with Crippen LogP contribution in [0.1, 0.15) is 21.6 Å². The van der Waals surface area contributed by atoms with Gasteiger partial charge < -0.3 is 4.98 Å². The number of halogens is 1. The largest absolute Gasteiger partial charge is 0.350 e. The van der Waals surface area contributed by atoms with Gasteiger partial charge in [0.2, 0.25) is 0 Å². The van der Waals surface area contributed by atoms with E-state index in [1.807, 2.05) is 24.3 Å². The highest BCUT2D eigenvalue weighted by atomic mass is 19.1. The molecule has 2 aromatic carbocycles. The van der Waals surface area contributed by atoms with Crippen molar-refractivity contribution in [2.24, 2.45) is 5.10 Å². The van der Waals surface area contributed by atoms with Gasteiger partial charge in [0.05, 0.1) is 6.21 Å². The number of aromatic amines is 1. The Bertz CT molecular complexity index is 894. The number of fused-ring (bicyclic) bond motifs is 1. The van der Waals surface area contributed by atoms with Crippen molar-refractivity contribution in [3.8, 4) is 0 Å². The number of carbonyl (C=O) groups is 1. The molecule has 114 valence electrons. The summed E-state index contributed by atoms with van der Waals surface area (Å²) in [5.74, 6) is -0.686. The highest BCUT2D eigenvalue weighted by Crippen LogP contribution is 2.23. The van der Waals surface area contributed by atoms with E-state index in [-0.39, 0.29) is 11.7 Å². The summed E-state index contributed by atoms with van der Waals surface area (Å²) in [5.41, 5.74) is 5.13. The van der Waals surface area contributed by atoms with Gasteiger partial charge in [0.1, 0.15) is 11.5 Å². The molecule has 4 nitrogen and oxygen atoms in total. The number of nitrogens with zero attached hydrogens (tertiary/aromatic N) is 1. The first-order valence-corrected chi connectivity index (χ1v) is 7.01. The summed E-state index contributed by atoms with van der Waals surface area (Å²) in [6.07, 6.45) is 3.09. The van der Waals surface area contributed by atoms with Crippen LogP contribution in [0.25, 0.3) is 17.0 Å². The van der Waals surface area contributed by atoms with Gasteiger partial charge in [0, 0.05) is 16.5 Å². The smallest absolute Gasteiger partial charge is 0.288 e. The van der Waals surface area contributed by atoms with Gasteiger partial charge in [-0.05, 0) is 23.8 Å². The highest BCUT2D eigenvalue weighted by molar-refractivity contribution is 6.04. The predicted octanol–water partition coefficient (Wildman–Crippen LogP) is 3.71. The summed E-state index contributed by atoms with van der Waals surface area (Å²) in [5, 5.41) is 4.82. The molecule has 0 fully saturated rings. The molecule has 5 heteroatoms. The van der Waals surface area contributed by atoms with Crippen molar-refractivity contribution in [2.45, 2.75) is 0 Å². The molecule has 0 saturated heterocycles. The maximum Gasteiger partial charge on any atom is 0.288 e. The third-order valence-electron chi connectivity index (χ3n) is 3.43. The first-order chi connectivity index (χ1) is 11.2. The van der Waals surface area contributed by atoms with Crippen LogP contribution in [0, 0.1) is 5.82 Å². The van der Waals surface area contributed by atoms with E-state index in [0.717, 1.165) is 16.5 Å². The molecular weight excluding hydrogens is 293 g/mol. The minimum absolute atomic E-state index is 0.320. The van der Waals surface area contributed by atoms with Gasteiger partial charge in [-0.3, -0.25) is 4.79 Å². The van der Waals surface area contributed by atoms with E-state index in [9.17, 15) is 9.18 Å². The van der Waals surface area contributed by atoms with Crippen LogP contribution in [0.3, 0.4) is 0 Å². The average molecular weight is 307 g/mol. The van der Waals surface area contributed by atoms with E-state index < -0.39 is 0 Å². The van der Waals surface area contributed by atoms with E-state index >= 15 is 0 Å². The predicted molar refractivity (Wildman–Crippen MR) is 89.8 cm³/mol. The lowest BCUT2D eigenvalue weighted by Crippen LogP contribution is -2.18. The minimum Gasteiger partial charge on any atom is -0.350 e. The fraction of sp³-hybridized carbons (Fsp3) is 0. The Hall–Kier alpha value is -3.21. The molecular formula is C18H14FN3O. The topological polar surface area (TPSA) is 57.2 Å². The minimum atomic E-state index is -0.366. The zero-order valence-corrected chi connectivity index (χ0v) is 12.2. The number of hydrogen-bond donors (Lipinski definition) is 2. The van der Waals surface area contributed by atoms with E-state index in [1.165, 1.54) is 18.3 Å². The molecule has 2 N–H and O–H groups in total. The summed E-state index contributed by atoms with van der Waals surface area (Å²) >= 11 is 0. The zero-order valence-electron chi connectivity index (χ0n) is 12.2. The molecule has 3 aromatic rings. The summed E-state index contributed by atoms with van der Waals surface area (Å²) in [6.45, 7) is 3.76. The number of H-pyrrole nitrogens is 1. The number of aromatic nitrogens is 1. The molecule has 0 aliphatic rings. The summed E-state index contributed by atoms with van der Waals surface area (Å²) in [4.78, 5) is 15.3. The number of amides is 1. The number of carbonyl (C=O) groups excluding carboxylic acids is 1. The molecule has 3 rings (SSSR count). The van der Waals surface area contributed by atoms with Crippen LogP contribution < -0.4 is 5.43 Å². The lowest BCUT2D eigenvalue weighted by molar-refractivity contribution is 0.0951. The second kappa shape index (κ2) is 6.27. The molecule has 0 atom stereocenters. The molecule has 0 saturated carbocycles. The quantitative estimate of drug-likeness (QED) is 0.560. The third-order valence-corrected chi connectivity index (χ3v) is 3.43. The molecule has 1 heterocycles. The Balaban J connectivity index is 1.80. The molecule has 1 aromatic heterocycles. The Morgan fingerprint density at radius 2 is 1.91 bits per heavy atom. The van der Waals surface area contributed by atoms with Gasteiger partial charge in [-0.2, -0.15) is 5.10 Å². The van der Waals surface area contributed by atoms with Gasteiger partial charge in [0.25, 0.3) is 5.91 Å². The van der Waals surface area contributed by atoms with Crippen LogP contribution in [-0.4, -0.2) is 17.1 Å². The van der Waals surface area contributed by atoms with Crippen molar-refractivity contribution in [1.82, 2.24) is 10.4 Å². The summed E-state index contributed by atoms with van der Waals surface area (Å²) in [6, 6.07) is 13.4. The van der Waals surface area contributed by atoms with Crippen LogP contribution in [0.15, 0.2) is 60.2 Å². The molecule has 23 heavy (non-hydrogen) atoms. The van der Waals surface area contributed by atoms with E-state index in [4.69, 9.17) is 0 Å². The highest BCUT2D eigenvalue weighted by Gasteiger charge is 2.14. The second-order valence-corrected chi connectivity index (χ2v) is 4.91. The van der Waals surface area contributed by atoms with Gasteiger partial charge in [-0.25, -0.2) is 9.82 Å². The maximum atomic E-state index is 12.8. The lowest BCUT2D eigenvalue weighted by Gasteiger charge is -1.99. The lowest BCUT2D eigenvalue weighted by atomic mass is 10.1. The maximum absolute atomic E-state index is 12.8. The second-order valence-electron chi connectivity index (χ2n) is 4.91. The van der Waals surface area contributed by atoms with Crippen molar-refractivity contribution in [2.75, 3.05) is 0 Å². The van der Waals surface area contributed by atoms with Crippen molar-refractivity contribution in [3.63, 3.8) is 0 Å². The SMILES string of the molecule is C=Cc1c(C(=O)N/N=C/c2ccc(F)cc2)[nH]c2ccccc12. The Morgan fingerprint density at radius 1 is 1.17 bits per heavy atom. The van der Waals surface area contributed by atoms with Crippen LogP contribution >= 0.6 is 0 Å². The number of rotatable bonds is 4. The molecule has 0 unspecified atom stereocenters. The van der Waals surface area contributed by atoms with Gasteiger partial charge >= 0.3 is 0 Å². The van der Waals surface area contributed by atoms with Gasteiger partial charge in [0.15, 0.2) is 0 Å². The molecule has 0 aliphatic heterocycles. The first-order valence-electron chi connectivity index (χ1n) is 7.01.